The number of carbonyl (C=O) groups is 1. The molecule has 1 heterocycles. The Morgan fingerprint density at radius 1 is 0.923 bits per heavy atom. The van der Waals surface area contributed by atoms with Crippen LogP contribution in [0.15, 0.2) is 60.7 Å². The van der Waals surface area contributed by atoms with E-state index in [2.05, 4.69) is 45.4 Å². The molecule has 2 aromatic carbocycles. The van der Waals surface area contributed by atoms with E-state index < -0.39 is 0 Å². The van der Waals surface area contributed by atoms with Gasteiger partial charge in [-0.15, -0.1) is 0 Å². The Hall–Kier alpha value is -2.53. The van der Waals surface area contributed by atoms with Crippen LogP contribution >= 0.6 is 0 Å². The van der Waals surface area contributed by atoms with Crippen molar-refractivity contribution in [3.8, 4) is 5.75 Å². The normalized spacial score (nSPS) is 14.8. The van der Waals surface area contributed by atoms with Crippen LogP contribution in [0.2, 0.25) is 0 Å². The van der Waals surface area contributed by atoms with Crippen molar-refractivity contribution in [1.29, 1.82) is 0 Å². The summed E-state index contributed by atoms with van der Waals surface area (Å²) in [5.74, 6) is 0.654. The van der Waals surface area contributed by atoms with Gasteiger partial charge in [-0.1, -0.05) is 36.4 Å². The average Bonchev–Trinajstić information content (AvgIpc) is 2.71. The summed E-state index contributed by atoms with van der Waals surface area (Å²) >= 11 is 0. The maximum absolute atomic E-state index is 11.8. The van der Waals surface area contributed by atoms with Gasteiger partial charge in [0.15, 0.2) is 6.61 Å². The molecule has 0 saturated carbocycles. The largest absolute Gasteiger partial charge is 0.484 e. The van der Waals surface area contributed by atoms with E-state index in [4.69, 9.17) is 4.74 Å². The zero-order chi connectivity index (χ0) is 18.0. The highest BCUT2D eigenvalue weighted by molar-refractivity contribution is 5.77. The highest BCUT2D eigenvalue weighted by Crippen LogP contribution is 2.15. The molecular formula is C21H27N3O2. The second kappa shape index (κ2) is 9.82. The maximum atomic E-state index is 11.8. The minimum absolute atomic E-state index is 0.0669. The lowest BCUT2D eigenvalue weighted by atomic mass is 10.2. The molecule has 2 aromatic rings. The molecule has 138 valence electrons. The van der Waals surface area contributed by atoms with Crippen LogP contribution in [0.3, 0.4) is 0 Å². The molecule has 0 spiro atoms. The molecule has 0 radical (unpaired) electrons. The number of piperazine rings is 1. The number of nitrogens with zero attached hydrogens (tertiary/aromatic N) is 2. The van der Waals surface area contributed by atoms with Gasteiger partial charge in [-0.25, -0.2) is 0 Å². The summed E-state index contributed by atoms with van der Waals surface area (Å²) in [5.41, 5.74) is 1.30. The van der Waals surface area contributed by atoms with Crippen LogP contribution in [0.1, 0.15) is 6.42 Å². The molecule has 0 bridgehead atoms. The summed E-state index contributed by atoms with van der Waals surface area (Å²) in [6.45, 7) is 6.03. The minimum atomic E-state index is -0.0669. The molecule has 0 unspecified atom stereocenters. The van der Waals surface area contributed by atoms with E-state index in [1.54, 1.807) is 0 Å². The van der Waals surface area contributed by atoms with Crippen LogP contribution in [0.5, 0.6) is 5.75 Å². The van der Waals surface area contributed by atoms with Crippen LogP contribution < -0.4 is 15.0 Å². The quantitative estimate of drug-likeness (QED) is 0.740. The zero-order valence-corrected chi connectivity index (χ0v) is 15.1. The Morgan fingerprint density at radius 3 is 2.27 bits per heavy atom. The third-order valence-electron chi connectivity index (χ3n) is 4.58. The molecule has 1 N–H and O–H groups in total. The van der Waals surface area contributed by atoms with Crippen molar-refractivity contribution in [3.05, 3.63) is 60.7 Å². The van der Waals surface area contributed by atoms with E-state index in [1.165, 1.54) is 5.69 Å². The molecule has 1 saturated heterocycles. The Balaban J connectivity index is 1.26. The topological polar surface area (TPSA) is 44.8 Å². The van der Waals surface area contributed by atoms with Gasteiger partial charge in [-0.05, 0) is 37.2 Å². The molecule has 3 rings (SSSR count). The summed E-state index contributed by atoms with van der Waals surface area (Å²) in [6.07, 6.45) is 0.961. The first-order chi connectivity index (χ1) is 12.8. The minimum Gasteiger partial charge on any atom is -0.484 e. The van der Waals surface area contributed by atoms with Crippen molar-refractivity contribution in [1.82, 2.24) is 10.2 Å². The number of hydrogen-bond acceptors (Lipinski definition) is 4. The van der Waals surface area contributed by atoms with E-state index in [0.29, 0.717) is 6.54 Å². The lowest BCUT2D eigenvalue weighted by Crippen LogP contribution is -2.47. The fourth-order valence-electron chi connectivity index (χ4n) is 3.12. The molecule has 0 aromatic heterocycles. The molecule has 1 aliphatic rings. The summed E-state index contributed by atoms with van der Waals surface area (Å²) in [6, 6.07) is 20.0. The lowest BCUT2D eigenvalue weighted by molar-refractivity contribution is -0.123. The van der Waals surface area contributed by atoms with Gasteiger partial charge in [0.25, 0.3) is 5.91 Å². The Kier molecular flexibility index (Phi) is 6.90. The molecule has 0 atom stereocenters. The number of nitrogens with one attached hydrogen (secondary N) is 1. The number of ether oxygens (including phenoxy) is 1. The van der Waals surface area contributed by atoms with Gasteiger partial charge < -0.3 is 15.0 Å². The molecule has 0 aliphatic carbocycles. The second-order valence-electron chi connectivity index (χ2n) is 6.47. The number of hydrogen-bond donors (Lipinski definition) is 1. The Morgan fingerprint density at radius 2 is 1.58 bits per heavy atom. The van der Waals surface area contributed by atoms with Gasteiger partial charge >= 0.3 is 0 Å². The average molecular weight is 353 g/mol. The third kappa shape index (κ3) is 5.77. The van der Waals surface area contributed by atoms with Gasteiger partial charge in [-0.3, -0.25) is 9.69 Å². The van der Waals surface area contributed by atoms with Crippen LogP contribution in [-0.4, -0.2) is 56.7 Å². The molecular weight excluding hydrogens is 326 g/mol. The van der Waals surface area contributed by atoms with E-state index in [9.17, 15) is 4.79 Å². The molecule has 1 aliphatic heterocycles. The summed E-state index contributed by atoms with van der Waals surface area (Å²) in [7, 11) is 0. The number of benzene rings is 2. The van der Waals surface area contributed by atoms with Crippen molar-refractivity contribution in [3.63, 3.8) is 0 Å². The summed E-state index contributed by atoms with van der Waals surface area (Å²) in [4.78, 5) is 16.7. The van der Waals surface area contributed by atoms with Crippen LogP contribution in [0.25, 0.3) is 0 Å². The predicted molar refractivity (Wildman–Crippen MR) is 105 cm³/mol. The highest BCUT2D eigenvalue weighted by atomic mass is 16.5. The number of amides is 1. The second-order valence-corrected chi connectivity index (χ2v) is 6.47. The molecule has 5 heteroatoms. The molecule has 1 fully saturated rings. The number of anilines is 1. The first-order valence-corrected chi connectivity index (χ1v) is 9.28. The van der Waals surface area contributed by atoms with Crippen LogP contribution in [0.4, 0.5) is 5.69 Å². The fraction of sp³-hybridized carbons (Fsp3) is 0.381. The van der Waals surface area contributed by atoms with Gasteiger partial charge in [0.2, 0.25) is 0 Å². The molecule has 26 heavy (non-hydrogen) atoms. The van der Waals surface area contributed by atoms with E-state index in [0.717, 1.165) is 44.9 Å². The molecule has 5 nitrogen and oxygen atoms in total. The van der Waals surface area contributed by atoms with Gasteiger partial charge in [0.1, 0.15) is 5.75 Å². The van der Waals surface area contributed by atoms with Crippen LogP contribution in [-0.2, 0) is 4.79 Å². The lowest BCUT2D eigenvalue weighted by Gasteiger charge is -2.36. The van der Waals surface area contributed by atoms with Crippen molar-refractivity contribution in [2.45, 2.75) is 6.42 Å². The standard InChI is InChI=1S/C21H27N3O2/c25-21(18-26-20-10-5-2-6-11-20)22-12-7-13-23-14-16-24(17-15-23)19-8-3-1-4-9-19/h1-6,8-11H,7,12-18H2,(H,22,25). The van der Waals surface area contributed by atoms with Crippen molar-refractivity contribution < 1.29 is 9.53 Å². The Bertz CT molecular complexity index is 655. The smallest absolute Gasteiger partial charge is 0.257 e. The SMILES string of the molecule is O=C(COc1ccccc1)NCCCN1CCN(c2ccccc2)CC1. The van der Waals surface area contributed by atoms with Gasteiger partial charge in [-0.2, -0.15) is 0 Å². The zero-order valence-electron chi connectivity index (χ0n) is 15.1. The van der Waals surface area contributed by atoms with E-state index >= 15 is 0 Å². The third-order valence-corrected chi connectivity index (χ3v) is 4.58. The van der Waals surface area contributed by atoms with Crippen molar-refractivity contribution >= 4 is 11.6 Å². The first-order valence-electron chi connectivity index (χ1n) is 9.28. The van der Waals surface area contributed by atoms with Crippen LogP contribution in [0, 0.1) is 0 Å². The Labute approximate surface area is 155 Å². The van der Waals surface area contributed by atoms with Crippen molar-refractivity contribution in [2.75, 3.05) is 50.8 Å². The van der Waals surface area contributed by atoms with E-state index in [-0.39, 0.29) is 12.5 Å². The van der Waals surface area contributed by atoms with Gasteiger partial charge in [0.05, 0.1) is 0 Å². The number of carbonyl (C=O) groups excluding carboxylic acids is 1. The van der Waals surface area contributed by atoms with Gasteiger partial charge in [0, 0.05) is 38.4 Å². The highest BCUT2D eigenvalue weighted by Gasteiger charge is 2.16. The molecule has 1 amide bonds. The van der Waals surface area contributed by atoms with E-state index in [1.807, 2.05) is 30.3 Å². The number of rotatable bonds is 8. The summed E-state index contributed by atoms with van der Waals surface area (Å²) in [5, 5.41) is 2.93. The fourth-order valence-corrected chi connectivity index (χ4v) is 3.12. The first kappa shape index (κ1) is 18.3. The van der Waals surface area contributed by atoms with Crippen molar-refractivity contribution in [2.24, 2.45) is 0 Å². The monoisotopic (exact) mass is 353 g/mol. The summed E-state index contributed by atoms with van der Waals surface area (Å²) < 4.78 is 5.44. The number of para-hydroxylation sites is 2. The maximum Gasteiger partial charge on any atom is 0.257 e. The predicted octanol–water partition coefficient (Wildman–Crippen LogP) is 2.39.